The van der Waals surface area contributed by atoms with E-state index in [1.54, 1.807) is 0 Å². The molecule has 1 atom stereocenters. The van der Waals surface area contributed by atoms with E-state index in [9.17, 15) is 4.79 Å². The molecule has 1 aliphatic heterocycles. The molecule has 1 aliphatic carbocycles. The largest absolute Gasteiger partial charge is 0.377 e. The molecule has 0 spiro atoms. The second-order valence-electron chi connectivity index (χ2n) is 5.55. The lowest BCUT2D eigenvalue weighted by Crippen LogP contribution is -2.41. The Morgan fingerprint density at radius 1 is 1.37 bits per heavy atom. The Kier molecular flexibility index (Phi) is 7.73. The molecule has 1 amide bonds. The molecule has 112 valence electrons. The van der Waals surface area contributed by atoms with Crippen LogP contribution in [0.2, 0.25) is 0 Å². The average molecular weight is 291 g/mol. The van der Waals surface area contributed by atoms with Gasteiger partial charge in [0.1, 0.15) is 0 Å². The molecule has 1 heterocycles. The third kappa shape index (κ3) is 6.11. The van der Waals surface area contributed by atoms with Crippen LogP contribution in [-0.2, 0) is 9.53 Å². The molecule has 1 N–H and O–H groups in total. The molecule has 0 aromatic rings. The Morgan fingerprint density at radius 3 is 2.74 bits per heavy atom. The van der Waals surface area contributed by atoms with Gasteiger partial charge in [-0.2, -0.15) is 0 Å². The molecule has 19 heavy (non-hydrogen) atoms. The van der Waals surface area contributed by atoms with Gasteiger partial charge in [0.05, 0.1) is 12.6 Å². The van der Waals surface area contributed by atoms with Gasteiger partial charge in [0.2, 0.25) is 5.91 Å². The van der Waals surface area contributed by atoms with Crippen molar-refractivity contribution >= 4 is 18.3 Å². The quantitative estimate of drug-likeness (QED) is 0.741. The fourth-order valence-corrected chi connectivity index (χ4v) is 2.46. The van der Waals surface area contributed by atoms with E-state index in [1.807, 2.05) is 4.90 Å². The van der Waals surface area contributed by atoms with Crippen molar-refractivity contribution in [2.45, 2.75) is 45.1 Å². The van der Waals surface area contributed by atoms with Crippen LogP contribution in [0.5, 0.6) is 0 Å². The van der Waals surface area contributed by atoms with Gasteiger partial charge in [-0.05, 0) is 38.0 Å². The van der Waals surface area contributed by atoms with E-state index in [-0.39, 0.29) is 18.3 Å². The molecular weight excluding hydrogens is 264 g/mol. The van der Waals surface area contributed by atoms with E-state index in [4.69, 9.17) is 4.74 Å². The number of hydrogen-bond acceptors (Lipinski definition) is 3. The molecule has 1 saturated heterocycles. The molecule has 0 aromatic carbocycles. The summed E-state index contributed by atoms with van der Waals surface area (Å²) in [5, 5.41) is 3.24. The lowest BCUT2D eigenvalue weighted by Gasteiger charge is -2.22. The first-order valence-corrected chi connectivity index (χ1v) is 7.39. The number of nitrogens with zero attached hydrogens (tertiary/aromatic N) is 1. The first-order valence-electron chi connectivity index (χ1n) is 7.39. The zero-order chi connectivity index (χ0) is 12.8. The second-order valence-corrected chi connectivity index (χ2v) is 5.55. The van der Waals surface area contributed by atoms with Gasteiger partial charge in [-0.15, -0.1) is 12.4 Å². The summed E-state index contributed by atoms with van der Waals surface area (Å²) < 4.78 is 5.53. The van der Waals surface area contributed by atoms with Crippen LogP contribution in [0.1, 0.15) is 39.0 Å². The highest BCUT2D eigenvalue weighted by Gasteiger charge is 2.26. The normalized spacial score (nSPS) is 22.1. The maximum Gasteiger partial charge on any atom is 0.236 e. The molecule has 2 rings (SSSR count). The van der Waals surface area contributed by atoms with Crippen molar-refractivity contribution in [3.8, 4) is 0 Å². The van der Waals surface area contributed by atoms with Crippen LogP contribution in [0.15, 0.2) is 0 Å². The zero-order valence-electron chi connectivity index (χ0n) is 11.9. The van der Waals surface area contributed by atoms with Crippen molar-refractivity contribution in [3.05, 3.63) is 0 Å². The van der Waals surface area contributed by atoms with Crippen molar-refractivity contribution in [1.82, 2.24) is 10.2 Å². The molecule has 2 fully saturated rings. The zero-order valence-corrected chi connectivity index (χ0v) is 12.7. The van der Waals surface area contributed by atoms with Crippen molar-refractivity contribution < 1.29 is 9.53 Å². The highest BCUT2D eigenvalue weighted by atomic mass is 35.5. The summed E-state index contributed by atoms with van der Waals surface area (Å²) in [6, 6.07) is 0. The average Bonchev–Trinajstić information content (AvgIpc) is 3.02. The number of amides is 1. The number of ether oxygens (including phenoxy) is 1. The number of rotatable bonds is 8. The van der Waals surface area contributed by atoms with E-state index in [0.29, 0.717) is 12.6 Å². The highest BCUT2D eigenvalue weighted by molar-refractivity contribution is 5.85. The molecule has 5 heteroatoms. The van der Waals surface area contributed by atoms with Crippen LogP contribution >= 0.6 is 12.4 Å². The van der Waals surface area contributed by atoms with Crippen LogP contribution in [0.25, 0.3) is 0 Å². The van der Waals surface area contributed by atoms with Crippen LogP contribution in [0.3, 0.4) is 0 Å². The van der Waals surface area contributed by atoms with Crippen molar-refractivity contribution in [1.29, 1.82) is 0 Å². The topological polar surface area (TPSA) is 41.6 Å². The fourth-order valence-electron chi connectivity index (χ4n) is 2.46. The number of carbonyl (C=O) groups is 1. The van der Waals surface area contributed by atoms with E-state index < -0.39 is 0 Å². The molecule has 1 unspecified atom stereocenters. The Hall–Kier alpha value is -0.320. The fraction of sp³-hybridized carbons (Fsp3) is 0.929. The third-order valence-corrected chi connectivity index (χ3v) is 3.69. The minimum absolute atomic E-state index is 0. The van der Waals surface area contributed by atoms with Crippen molar-refractivity contribution in [2.24, 2.45) is 5.92 Å². The summed E-state index contributed by atoms with van der Waals surface area (Å²) >= 11 is 0. The Bertz CT molecular complexity index is 266. The monoisotopic (exact) mass is 290 g/mol. The molecule has 1 saturated carbocycles. The molecule has 0 aromatic heterocycles. The van der Waals surface area contributed by atoms with Gasteiger partial charge in [-0.1, -0.05) is 6.92 Å². The van der Waals surface area contributed by atoms with Crippen LogP contribution in [-0.4, -0.2) is 49.7 Å². The Balaban J connectivity index is 0.00000180. The summed E-state index contributed by atoms with van der Waals surface area (Å²) in [7, 11) is 0. The third-order valence-electron chi connectivity index (χ3n) is 3.69. The van der Waals surface area contributed by atoms with Crippen LogP contribution in [0.4, 0.5) is 0 Å². The summed E-state index contributed by atoms with van der Waals surface area (Å²) in [4.78, 5) is 14.1. The SMILES string of the molecule is CCCN(CC1CC1)C(=O)CNCC1CCCO1.Cl. The first kappa shape index (κ1) is 16.7. The molecular formula is C14H27ClN2O2. The van der Waals surface area contributed by atoms with Crippen molar-refractivity contribution in [3.63, 3.8) is 0 Å². The van der Waals surface area contributed by atoms with E-state index in [2.05, 4.69) is 12.2 Å². The van der Waals surface area contributed by atoms with Gasteiger partial charge in [0.15, 0.2) is 0 Å². The highest BCUT2D eigenvalue weighted by Crippen LogP contribution is 2.29. The van der Waals surface area contributed by atoms with E-state index in [0.717, 1.165) is 51.4 Å². The van der Waals surface area contributed by atoms with Crippen molar-refractivity contribution in [2.75, 3.05) is 32.8 Å². The van der Waals surface area contributed by atoms with E-state index >= 15 is 0 Å². The molecule has 0 radical (unpaired) electrons. The second kappa shape index (κ2) is 8.77. The van der Waals surface area contributed by atoms with Gasteiger partial charge in [0, 0.05) is 26.2 Å². The van der Waals surface area contributed by atoms with Crippen LogP contribution < -0.4 is 5.32 Å². The van der Waals surface area contributed by atoms with Crippen LogP contribution in [0, 0.1) is 5.92 Å². The van der Waals surface area contributed by atoms with Gasteiger partial charge < -0.3 is 15.0 Å². The lowest BCUT2D eigenvalue weighted by atomic mass is 10.2. The summed E-state index contributed by atoms with van der Waals surface area (Å²) in [5.74, 6) is 1.03. The standard InChI is InChI=1S/C14H26N2O2.ClH/c1-2-7-16(11-12-5-6-12)14(17)10-15-9-13-4-3-8-18-13;/h12-13,15H,2-11H2,1H3;1H. The minimum atomic E-state index is 0. The maximum absolute atomic E-state index is 12.1. The number of carbonyl (C=O) groups excluding carboxylic acids is 1. The van der Waals surface area contributed by atoms with Gasteiger partial charge in [-0.3, -0.25) is 4.79 Å². The maximum atomic E-state index is 12.1. The number of nitrogens with one attached hydrogen (secondary N) is 1. The first-order chi connectivity index (χ1) is 8.79. The smallest absolute Gasteiger partial charge is 0.236 e. The molecule has 2 aliphatic rings. The van der Waals surface area contributed by atoms with Gasteiger partial charge >= 0.3 is 0 Å². The number of halogens is 1. The summed E-state index contributed by atoms with van der Waals surface area (Å²) in [6.07, 6.45) is 6.25. The Morgan fingerprint density at radius 2 is 2.16 bits per heavy atom. The number of hydrogen-bond donors (Lipinski definition) is 1. The summed E-state index contributed by atoms with van der Waals surface area (Å²) in [6.45, 7) is 6.16. The molecule has 4 nitrogen and oxygen atoms in total. The predicted molar refractivity (Wildman–Crippen MR) is 78.7 cm³/mol. The molecule has 0 bridgehead atoms. The Labute approximate surface area is 122 Å². The van der Waals surface area contributed by atoms with Gasteiger partial charge in [0.25, 0.3) is 0 Å². The minimum Gasteiger partial charge on any atom is -0.377 e. The van der Waals surface area contributed by atoms with Gasteiger partial charge in [-0.25, -0.2) is 0 Å². The lowest BCUT2D eigenvalue weighted by molar-refractivity contribution is -0.130. The summed E-state index contributed by atoms with van der Waals surface area (Å²) in [5.41, 5.74) is 0. The predicted octanol–water partition coefficient (Wildman–Crippen LogP) is 1.83. The van der Waals surface area contributed by atoms with E-state index in [1.165, 1.54) is 12.8 Å².